The van der Waals surface area contributed by atoms with Crippen LogP contribution in [0.25, 0.3) is 0 Å². The first-order valence-electron chi connectivity index (χ1n) is 5.93. The molecule has 3 N–H and O–H groups in total. The van der Waals surface area contributed by atoms with Crippen LogP contribution in [-0.4, -0.2) is 16.0 Å². The minimum Gasteiger partial charge on any atom is -0.409 e. The van der Waals surface area contributed by atoms with Crippen molar-refractivity contribution in [1.29, 1.82) is 0 Å². The summed E-state index contributed by atoms with van der Waals surface area (Å²) in [6, 6.07) is 11.3. The molecule has 6 heteroatoms. The van der Waals surface area contributed by atoms with Gasteiger partial charge in [-0.3, -0.25) is 0 Å². The highest BCUT2D eigenvalue weighted by Crippen LogP contribution is 2.25. The Kier molecular flexibility index (Phi) is 4.87. The van der Waals surface area contributed by atoms with Gasteiger partial charge in [0.2, 0.25) is 0 Å². The van der Waals surface area contributed by atoms with E-state index in [4.69, 9.17) is 22.5 Å². The molecule has 0 aliphatic carbocycles. The van der Waals surface area contributed by atoms with Crippen molar-refractivity contribution in [2.45, 2.75) is 17.7 Å². The zero-order chi connectivity index (χ0) is 14.5. The van der Waals surface area contributed by atoms with Crippen molar-refractivity contribution >= 4 is 29.2 Å². The van der Waals surface area contributed by atoms with Crippen LogP contribution >= 0.6 is 23.4 Å². The predicted molar refractivity (Wildman–Crippen MR) is 82.5 cm³/mol. The van der Waals surface area contributed by atoms with Gasteiger partial charge in [0.1, 0.15) is 5.03 Å². The highest BCUT2D eigenvalue weighted by atomic mass is 35.5. The molecule has 0 amide bonds. The third-order valence-electron chi connectivity index (χ3n) is 2.67. The SMILES string of the molecule is Cc1ccc(/C(N)=N/O)c(SCc2ccc(Cl)cc2)n1. The fourth-order valence-electron chi connectivity index (χ4n) is 1.62. The topological polar surface area (TPSA) is 71.5 Å². The van der Waals surface area contributed by atoms with E-state index >= 15 is 0 Å². The second-order valence-electron chi connectivity index (χ2n) is 4.21. The summed E-state index contributed by atoms with van der Waals surface area (Å²) >= 11 is 7.39. The maximum absolute atomic E-state index is 8.81. The van der Waals surface area contributed by atoms with E-state index in [0.717, 1.165) is 22.0 Å². The number of benzene rings is 1. The van der Waals surface area contributed by atoms with Gasteiger partial charge in [0.05, 0.1) is 5.56 Å². The smallest absolute Gasteiger partial charge is 0.172 e. The van der Waals surface area contributed by atoms with Crippen molar-refractivity contribution in [3.8, 4) is 0 Å². The number of thioether (sulfide) groups is 1. The summed E-state index contributed by atoms with van der Waals surface area (Å²) in [4.78, 5) is 4.44. The van der Waals surface area contributed by atoms with E-state index in [2.05, 4.69) is 10.1 Å². The molecule has 1 aromatic carbocycles. The molecule has 2 aromatic rings. The van der Waals surface area contributed by atoms with Gasteiger partial charge in [-0.25, -0.2) is 4.98 Å². The van der Waals surface area contributed by atoms with E-state index in [9.17, 15) is 0 Å². The van der Waals surface area contributed by atoms with E-state index in [0.29, 0.717) is 10.6 Å². The van der Waals surface area contributed by atoms with Crippen LogP contribution in [0.5, 0.6) is 0 Å². The number of pyridine rings is 1. The highest BCUT2D eigenvalue weighted by molar-refractivity contribution is 7.98. The van der Waals surface area contributed by atoms with Crippen molar-refractivity contribution in [3.05, 3.63) is 58.2 Å². The number of nitrogens with two attached hydrogens (primary N) is 1. The summed E-state index contributed by atoms with van der Waals surface area (Å²) in [7, 11) is 0. The molecule has 4 nitrogen and oxygen atoms in total. The average Bonchev–Trinajstić information content (AvgIpc) is 2.46. The normalized spacial score (nSPS) is 11.6. The van der Waals surface area contributed by atoms with Gasteiger partial charge in [0.25, 0.3) is 0 Å². The van der Waals surface area contributed by atoms with Gasteiger partial charge >= 0.3 is 0 Å². The zero-order valence-electron chi connectivity index (χ0n) is 10.9. The van der Waals surface area contributed by atoms with Crippen molar-refractivity contribution in [2.24, 2.45) is 10.9 Å². The Labute approximate surface area is 126 Å². The third-order valence-corrected chi connectivity index (χ3v) is 3.99. The molecule has 20 heavy (non-hydrogen) atoms. The molecule has 1 aromatic heterocycles. The molecule has 1 heterocycles. The van der Waals surface area contributed by atoms with Gasteiger partial charge in [-0.05, 0) is 36.8 Å². The van der Waals surface area contributed by atoms with Crippen LogP contribution in [0.3, 0.4) is 0 Å². The van der Waals surface area contributed by atoms with Gasteiger partial charge in [-0.1, -0.05) is 28.9 Å². The largest absolute Gasteiger partial charge is 0.409 e. The fourth-order valence-corrected chi connectivity index (χ4v) is 2.78. The van der Waals surface area contributed by atoms with Crippen molar-refractivity contribution in [3.63, 3.8) is 0 Å². The molecule has 0 bridgehead atoms. The van der Waals surface area contributed by atoms with Gasteiger partial charge in [0, 0.05) is 16.5 Å². The number of nitrogens with zero attached hydrogens (tertiary/aromatic N) is 2. The molecule has 0 radical (unpaired) electrons. The maximum Gasteiger partial charge on any atom is 0.172 e. The molecular weight excluding hydrogens is 294 g/mol. The summed E-state index contributed by atoms with van der Waals surface area (Å²) in [5.41, 5.74) is 8.32. The molecule has 0 saturated carbocycles. The lowest BCUT2D eigenvalue weighted by Gasteiger charge is -2.08. The highest BCUT2D eigenvalue weighted by Gasteiger charge is 2.10. The minimum atomic E-state index is 0.0658. The summed E-state index contributed by atoms with van der Waals surface area (Å²) in [5, 5.41) is 13.3. The Morgan fingerprint density at radius 1 is 1.30 bits per heavy atom. The molecule has 0 unspecified atom stereocenters. The van der Waals surface area contributed by atoms with Gasteiger partial charge in [-0.15, -0.1) is 11.8 Å². The molecule has 2 rings (SSSR count). The third kappa shape index (κ3) is 3.65. The summed E-state index contributed by atoms with van der Waals surface area (Å²) in [5.74, 6) is 0.801. The van der Waals surface area contributed by atoms with Crippen molar-refractivity contribution in [2.75, 3.05) is 0 Å². The Bertz CT molecular complexity index is 629. The standard InChI is InChI=1S/C14H14ClN3OS/c1-9-2-7-12(13(16)18-19)14(17-9)20-8-10-3-5-11(15)6-4-10/h2-7,19H,8H2,1H3,(H2,16,18). The van der Waals surface area contributed by atoms with Crippen molar-refractivity contribution in [1.82, 2.24) is 4.98 Å². The molecular formula is C14H14ClN3OS. The minimum absolute atomic E-state index is 0.0658. The quantitative estimate of drug-likeness (QED) is 0.298. The van der Waals surface area contributed by atoms with Crippen LogP contribution in [0.2, 0.25) is 5.02 Å². The molecule has 0 aliphatic heterocycles. The number of rotatable bonds is 4. The Morgan fingerprint density at radius 2 is 2.00 bits per heavy atom. The van der Waals surface area contributed by atoms with E-state index in [1.165, 1.54) is 11.8 Å². The van der Waals surface area contributed by atoms with E-state index < -0.39 is 0 Å². The van der Waals surface area contributed by atoms with Crippen LogP contribution in [0.15, 0.2) is 46.6 Å². The lowest BCUT2D eigenvalue weighted by molar-refractivity contribution is 0.318. The lowest BCUT2D eigenvalue weighted by Crippen LogP contribution is -2.15. The van der Waals surface area contributed by atoms with E-state index in [1.807, 2.05) is 43.3 Å². The Balaban J connectivity index is 2.20. The number of aryl methyl sites for hydroxylation is 1. The van der Waals surface area contributed by atoms with Crippen LogP contribution in [0.1, 0.15) is 16.8 Å². The number of hydrogen-bond donors (Lipinski definition) is 2. The first kappa shape index (κ1) is 14.7. The average molecular weight is 308 g/mol. The molecule has 104 valence electrons. The second kappa shape index (κ2) is 6.63. The number of halogens is 1. The zero-order valence-corrected chi connectivity index (χ0v) is 12.4. The van der Waals surface area contributed by atoms with Gasteiger partial charge < -0.3 is 10.9 Å². The summed E-state index contributed by atoms with van der Waals surface area (Å²) in [6.45, 7) is 1.91. The summed E-state index contributed by atoms with van der Waals surface area (Å²) in [6.07, 6.45) is 0. The van der Waals surface area contributed by atoms with Crippen molar-refractivity contribution < 1.29 is 5.21 Å². The summed E-state index contributed by atoms with van der Waals surface area (Å²) < 4.78 is 0. The van der Waals surface area contributed by atoms with Gasteiger partial charge in [0.15, 0.2) is 5.84 Å². The van der Waals surface area contributed by atoms with E-state index in [-0.39, 0.29) is 5.84 Å². The Morgan fingerprint density at radius 3 is 2.65 bits per heavy atom. The maximum atomic E-state index is 8.81. The Hall–Kier alpha value is -1.72. The molecule has 0 saturated heterocycles. The number of hydrogen-bond acceptors (Lipinski definition) is 4. The monoisotopic (exact) mass is 307 g/mol. The van der Waals surface area contributed by atoms with Gasteiger partial charge in [-0.2, -0.15) is 0 Å². The second-order valence-corrected chi connectivity index (χ2v) is 5.61. The van der Waals surface area contributed by atoms with Crippen LogP contribution in [0.4, 0.5) is 0 Å². The predicted octanol–water partition coefficient (Wildman–Crippen LogP) is 3.43. The van der Waals surface area contributed by atoms with Crippen LogP contribution in [0, 0.1) is 6.92 Å². The first-order chi connectivity index (χ1) is 9.60. The fraction of sp³-hybridized carbons (Fsp3) is 0.143. The first-order valence-corrected chi connectivity index (χ1v) is 7.29. The number of amidine groups is 1. The van der Waals surface area contributed by atoms with Crippen LogP contribution in [-0.2, 0) is 5.75 Å². The molecule has 0 atom stereocenters. The molecule has 0 aliphatic rings. The molecule has 0 fully saturated rings. The number of oxime groups is 1. The van der Waals surface area contributed by atoms with Crippen LogP contribution < -0.4 is 5.73 Å². The lowest BCUT2D eigenvalue weighted by atomic mass is 10.2. The van der Waals surface area contributed by atoms with E-state index in [1.54, 1.807) is 0 Å². The number of aromatic nitrogens is 1. The molecule has 0 spiro atoms.